The number of ether oxygens (including phenoxy) is 3. The highest BCUT2D eigenvalue weighted by Crippen LogP contribution is 2.26. The van der Waals surface area contributed by atoms with E-state index in [1.165, 1.54) is 33.3 Å². The molecule has 6 nitrogen and oxygen atoms in total. The number of hydrogen-bond donors (Lipinski definition) is 1. The predicted octanol–water partition coefficient (Wildman–Crippen LogP) is 3.37. The van der Waals surface area contributed by atoms with Crippen LogP contribution in [-0.4, -0.2) is 31.1 Å². The number of aromatic hydroxyl groups is 1. The molecule has 0 aliphatic heterocycles. The number of rotatable bonds is 7. The highest BCUT2D eigenvalue weighted by Gasteiger charge is 2.09. The van der Waals surface area contributed by atoms with E-state index in [2.05, 4.69) is 0 Å². The molecule has 0 bridgehead atoms. The Kier molecular flexibility index (Phi) is 6.38. The first-order valence-electron chi connectivity index (χ1n) is 7.84. The van der Waals surface area contributed by atoms with Crippen molar-refractivity contribution < 1.29 is 28.9 Å². The second-order valence-corrected chi connectivity index (χ2v) is 5.46. The van der Waals surface area contributed by atoms with E-state index < -0.39 is 5.97 Å². The number of ketones is 1. The molecule has 2 aromatic rings. The van der Waals surface area contributed by atoms with Gasteiger partial charge in [0.1, 0.15) is 12.4 Å². The van der Waals surface area contributed by atoms with Gasteiger partial charge in [0.2, 0.25) is 0 Å². The van der Waals surface area contributed by atoms with E-state index in [0.29, 0.717) is 28.2 Å². The van der Waals surface area contributed by atoms with E-state index in [-0.39, 0.29) is 18.1 Å². The average Bonchev–Trinajstić information content (AvgIpc) is 2.65. The molecule has 2 rings (SSSR count). The van der Waals surface area contributed by atoms with Crippen LogP contribution in [0.5, 0.6) is 17.2 Å². The van der Waals surface area contributed by atoms with Crippen LogP contribution >= 0.6 is 0 Å². The maximum absolute atomic E-state index is 11.9. The molecule has 0 amide bonds. The summed E-state index contributed by atoms with van der Waals surface area (Å²) in [5.41, 5.74) is 1.80. The van der Waals surface area contributed by atoms with Crippen LogP contribution in [-0.2, 0) is 16.1 Å². The Bertz CT molecular complexity index is 838. The topological polar surface area (TPSA) is 82.1 Å². The number of carbonyl (C=O) groups is 2. The van der Waals surface area contributed by atoms with Gasteiger partial charge in [-0.2, -0.15) is 0 Å². The van der Waals surface area contributed by atoms with E-state index in [1.54, 1.807) is 36.4 Å². The molecule has 0 atom stereocenters. The first-order chi connectivity index (χ1) is 12.4. The summed E-state index contributed by atoms with van der Waals surface area (Å²) >= 11 is 0. The van der Waals surface area contributed by atoms with Crippen LogP contribution in [0.25, 0.3) is 6.08 Å². The number of Topliss-reactive ketones (excluding diaryl/α,β-unsaturated/α-hetero) is 1. The van der Waals surface area contributed by atoms with E-state index in [4.69, 9.17) is 14.2 Å². The van der Waals surface area contributed by atoms with Crippen LogP contribution in [0.1, 0.15) is 28.4 Å². The lowest BCUT2D eigenvalue weighted by Gasteiger charge is -2.10. The van der Waals surface area contributed by atoms with Crippen molar-refractivity contribution in [2.75, 3.05) is 14.2 Å². The van der Waals surface area contributed by atoms with Gasteiger partial charge in [-0.3, -0.25) is 4.79 Å². The Morgan fingerprint density at radius 1 is 1.04 bits per heavy atom. The molecule has 0 heterocycles. The molecule has 0 saturated carbocycles. The maximum Gasteiger partial charge on any atom is 0.331 e. The molecular formula is C20H20O6. The van der Waals surface area contributed by atoms with Gasteiger partial charge in [0.25, 0.3) is 0 Å². The van der Waals surface area contributed by atoms with Gasteiger partial charge >= 0.3 is 5.97 Å². The number of benzene rings is 2. The predicted molar refractivity (Wildman–Crippen MR) is 96.5 cm³/mol. The Morgan fingerprint density at radius 2 is 1.77 bits per heavy atom. The van der Waals surface area contributed by atoms with Crippen molar-refractivity contribution in [3.05, 3.63) is 59.2 Å². The number of methoxy groups -OCH3 is 2. The molecule has 0 aliphatic rings. The van der Waals surface area contributed by atoms with Gasteiger partial charge in [0.15, 0.2) is 17.3 Å². The zero-order valence-corrected chi connectivity index (χ0v) is 14.8. The monoisotopic (exact) mass is 356 g/mol. The SMILES string of the molecule is COc1cc(/C=C/C(=O)OCc2cc(C(C)=O)ccc2OC)ccc1O. The summed E-state index contributed by atoms with van der Waals surface area (Å²) in [4.78, 5) is 23.4. The quantitative estimate of drug-likeness (QED) is 0.465. The van der Waals surface area contributed by atoms with E-state index in [9.17, 15) is 14.7 Å². The van der Waals surface area contributed by atoms with Crippen molar-refractivity contribution in [3.8, 4) is 17.2 Å². The number of phenolic OH excluding ortho intramolecular Hbond substituents is 1. The maximum atomic E-state index is 11.9. The van der Waals surface area contributed by atoms with Crippen molar-refractivity contribution in [1.82, 2.24) is 0 Å². The Morgan fingerprint density at radius 3 is 2.42 bits per heavy atom. The fraction of sp³-hybridized carbons (Fsp3) is 0.200. The summed E-state index contributed by atoms with van der Waals surface area (Å²) in [7, 11) is 2.95. The minimum Gasteiger partial charge on any atom is -0.504 e. The molecule has 6 heteroatoms. The second kappa shape index (κ2) is 8.71. The summed E-state index contributed by atoms with van der Waals surface area (Å²) in [5, 5.41) is 9.56. The average molecular weight is 356 g/mol. The Hall–Kier alpha value is -3.28. The fourth-order valence-electron chi connectivity index (χ4n) is 2.27. The lowest BCUT2D eigenvalue weighted by molar-refractivity contribution is -0.138. The minimum absolute atomic E-state index is 0.0182. The molecule has 1 N–H and O–H groups in total. The van der Waals surface area contributed by atoms with Crippen molar-refractivity contribution >= 4 is 17.8 Å². The van der Waals surface area contributed by atoms with Gasteiger partial charge < -0.3 is 19.3 Å². The number of esters is 1. The molecule has 0 unspecified atom stereocenters. The van der Waals surface area contributed by atoms with Gasteiger partial charge in [-0.05, 0) is 48.9 Å². The van der Waals surface area contributed by atoms with E-state index >= 15 is 0 Å². The van der Waals surface area contributed by atoms with Gasteiger partial charge in [0.05, 0.1) is 14.2 Å². The van der Waals surface area contributed by atoms with E-state index in [1.807, 2.05) is 0 Å². The molecule has 0 radical (unpaired) electrons. The van der Waals surface area contributed by atoms with Crippen molar-refractivity contribution in [1.29, 1.82) is 0 Å². The van der Waals surface area contributed by atoms with Crippen LogP contribution in [0.3, 0.4) is 0 Å². The smallest absolute Gasteiger partial charge is 0.331 e. The largest absolute Gasteiger partial charge is 0.504 e. The van der Waals surface area contributed by atoms with Crippen LogP contribution in [0.15, 0.2) is 42.5 Å². The van der Waals surface area contributed by atoms with Crippen LogP contribution < -0.4 is 9.47 Å². The fourth-order valence-corrected chi connectivity index (χ4v) is 2.27. The van der Waals surface area contributed by atoms with Gasteiger partial charge in [-0.15, -0.1) is 0 Å². The zero-order chi connectivity index (χ0) is 19.1. The minimum atomic E-state index is -0.549. The second-order valence-electron chi connectivity index (χ2n) is 5.46. The summed E-state index contributed by atoms with van der Waals surface area (Å²) in [6.45, 7) is 1.44. The van der Waals surface area contributed by atoms with Crippen LogP contribution in [0.2, 0.25) is 0 Å². The molecule has 0 spiro atoms. The Balaban J connectivity index is 2.04. The zero-order valence-electron chi connectivity index (χ0n) is 14.8. The van der Waals surface area contributed by atoms with Crippen molar-refractivity contribution in [2.45, 2.75) is 13.5 Å². The molecule has 0 fully saturated rings. The first-order valence-corrected chi connectivity index (χ1v) is 7.84. The first kappa shape index (κ1) is 19.1. The number of hydrogen-bond acceptors (Lipinski definition) is 6. The molecular weight excluding hydrogens is 336 g/mol. The third-order valence-electron chi connectivity index (χ3n) is 3.67. The molecule has 26 heavy (non-hydrogen) atoms. The van der Waals surface area contributed by atoms with Gasteiger partial charge in [-0.1, -0.05) is 6.07 Å². The molecule has 0 aromatic heterocycles. The van der Waals surface area contributed by atoms with Gasteiger partial charge in [-0.25, -0.2) is 4.79 Å². The summed E-state index contributed by atoms with van der Waals surface area (Å²) in [5.74, 6) is 0.236. The highest BCUT2D eigenvalue weighted by atomic mass is 16.5. The van der Waals surface area contributed by atoms with Crippen LogP contribution in [0, 0.1) is 0 Å². The third kappa shape index (κ3) is 4.86. The number of carbonyl (C=O) groups excluding carboxylic acids is 2. The van der Waals surface area contributed by atoms with E-state index in [0.717, 1.165) is 0 Å². The van der Waals surface area contributed by atoms with Crippen molar-refractivity contribution in [3.63, 3.8) is 0 Å². The lowest BCUT2D eigenvalue weighted by atomic mass is 10.1. The normalized spacial score (nSPS) is 10.6. The summed E-state index contributed by atoms with van der Waals surface area (Å²) in [6.07, 6.45) is 2.82. The summed E-state index contributed by atoms with van der Waals surface area (Å²) in [6, 6.07) is 9.67. The molecule has 2 aromatic carbocycles. The van der Waals surface area contributed by atoms with Crippen LogP contribution in [0.4, 0.5) is 0 Å². The lowest BCUT2D eigenvalue weighted by Crippen LogP contribution is -2.04. The standard InChI is InChI=1S/C20H20O6/c1-13(21)15-6-8-18(24-2)16(11-15)12-26-20(23)9-5-14-4-7-17(22)19(10-14)25-3/h4-11,22H,12H2,1-3H3/b9-5+. The van der Waals surface area contributed by atoms with Gasteiger partial charge in [0, 0.05) is 17.2 Å². The molecule has 136 valence electrons. The molecule has 0 saturated heterocycles. The van der Waals surface area contributed by atoms with Crippen molar-refractivity contribution in [2.24, 2.45) is 0 Å². The third-order valence-corrected chi connectivity index (χ3v) is 3.67. The summed E-state index contributed by atoms with van der Waals surface area (Å²) < 4.78 is 15.4. The Labute approximate surface area is 151 Å². The molecule has 0 aliphatic carbocycles. The number of phenols is 1. The highest BCUT2D eigenvalue weighted by molar-refractivity contribution is 5.94.